The number of imide groups is 1. The monoisotopic (exact) mass is 322 g/mol. The minimum absolute atomic E-state index is 0.0746. The van der Waals surface area contributed by atoms with Crippen LogP contribution in [-0.2, 0) is 9.53 Å². The quantitative estimate of drug-likeness (QED) is 0.836. The van der Waals surface area contributed by atoms with E-state index in [0.29, 0.717) is 5.56 Å². The first-order valence-corrected chi connectivity index (χ1v) is 6.36. The number of hydrogen-bond donors (Lipinski definition) is 2. The van der Waals surface area contributed by atoms with Crippen molar-refractivity contribution in [2.45, 2.75) is 13.0 Å². The predicted molar refractivity (Wildman–Crippen MR) is 73.4 cm³/mol. The Morgan fingerprint density at radius 3 is 2.60 bits per heavy atom. The number of carbonyl (C=O) groups excluding carboxylic acids is 2. The zero-order valence-electron chi connectivity index (χ0n) is 10.8. The molecule has 0 bridgehead atoms. The van der Waals surface area contributed by atoms with Gasteiger partial charge in [-0.15, -0.1) is 0 Å². The molecule has 5 nitrogen and oxygen atoms in total. The molecule has 2 amide bonds. The first-order chi connectivity index (χ1) is 9.35. The first-order valence-electron chi connectivity index (χ1n) is 5.60. The number of alkyl carbamates (subject to hydrolysis) is 1. The molecule has 0 aromatic heterocycles. The minimum atomic E-state index is -0.847. The van der Waals surface area contributed by atoms with Gasteiger partial charge >= 0.3 is 6.09 Å². The van der Waals surface area contributed by atoms with E-state index in [1.54, 1.807) is 6.92 Å². The summed E-state index contributed by atoms with van der Waals surface area (Å²) < 4.78 is 17.7. The Hall–Kier alpha value is -1.37. The third kappa shape index (κ3) is 4.63. The minimum Gasteiger partial charge on any atom is -0.453 e. The molecule has 0 aliphatic heterocycles. The van der Waals surface area contributed by atoms with Crippen LogP contribution < -0.4 is 10.6 Å². The van der Waals surface area contributed by atoms with Gasteiger partial charge in [0.2, 0.25) is 5.91 Å². The lowest BCUT2D eigenvalue weighted by Crippen LogP contribution is -2.38. The molecule has 2 N–H and O–H groups in total. The zero-order valence-corrected chi connectivity index (χ0v) is 12.3. The van der Waals surface area contributed by atoms with E-state index in [9.17, 15) is 14.0 Å². The second kappa shape index (κ2) is 7.42. The van der Waals surface area contributed by atoms with E-state index < -0.39 is 23.9 Å². The van der Waals surface area contributed by atoms with Gasteiger partial charge in [0.1, 0.15) is 5.82 Å². The second-order valence-corrected chi connectivity index (χ2v) is 4.74. The standard InChI is InChI=1S/C12H13Cl2FN2O3/c1-6(16-5-11(18)17-12(19)20-2)7-3-10(15)9(14)4-8(7)13/h3-4,6,16H,5H2,1-2H3,(H,17,18,19)/t6-/m0/s1. The van der Waals surface area contributed by atoms with Crippen LogP contribution in [0.5, 0.6) is 0 Å². The number of rotatable bonds is 4. The van der Waals surface area contributed by atoms with Gasteiger partial charge in [-0.2, -0.15) is 0 Å². The molecule has 8 heteroatoms. The average Bonchev–Trinajstić information content (AvgIpc) is 2.40. The van der Waals surface area contributed by atoms with Crippen LogP contribution in [0.2, 0.25) is 10.0 Å². The highest BCUT2D eigenvalue weighted by molar-refractivity contribution is 6.35. The van der Waals surface area contributed by atoms with Crippen LogP contribution in [0.25, 0.3) is 0 Å². The fourth-order valence-corrected chi connectivity index (χ4v) is 1.98. The van der Waals surface area contributed by atoms with Crippen LogP contribution in [0, 0.1) is 5.82 Å². The maximum absolute atomic E-state index is 13.4. The Labute approximate surface area is 125 Å². The molecule has 0 radical (unpaired) electrons. The summed E-state index contributed by atoms with van der Waals surface area (Å²) in [5.74, 6) is -1.17. The van der Waals surface area contributed by atoms with Crippen LogP contribution in [0.4, 0.5) is 9.18 Å². The number of nitrogens with one attached hydrogen (secondary N) is 2. The third-order valence-electron chi connectivity index (χ3n) is 2.50. The van der Waals surface area contributed by atoms with Gasteiger partial charge in [0, 0.05) is 11.1 Å². The molecule has 0 heterocycles. The van der Waals surface area contributed by atoms with Crippen LogP contribution in [0.1, 0.15) is 18.5 Å². The number of benzene rings is 1. The fourth-order valence-electron chi connectivity index (χ4n) is 1.43. The summed E-state index contributed by atoms with van der Waals surface area (Å²) in [4.78, 5) is 22.2. The molecule has 1 atom stereocenters. The Balaban J connectivity index is 2.63. The van der Waals surface area contributed by atoms with Crippen LogP contribution in [0.3, 0.4) is 0 Å². The summed E-state index contributed by atoms with van der Waals surface area (Å²) in [6, 6.07) is 2.08. The van der Waals surface area contributed by atoms with Crippen LogP contribution >= 0.6 is 23.2 Å². The molecular weight excluding hydrogens is 310 g/mol. The summed E-state index contributed by atoms with van der Waals surface area (Å²) in [6.45, 7) is 1.54. The van der Waals surface area contributed by atoms with E-state index in [4.69, 9.17) is 23.2 Å². The van der Waals surface area contributed by atoms with Gasteiger partial charge in [-0.05, 0) is 24.6 Å². The highest BCUT2D eigenvalue weighted by Crippen LogP contribution is 2.28. The first kappa shape index (κ1) is 16.7. The van der Waals surface area contributed by atoms with Crippen molar-refractivity contribution in [3.63, 3.8) is 0 Å². The largest absolute Gasteiger partial charge is 0.453 e. The molecule has 0 saturated carbocycles. The smallest absolute Gasteiger partial charge is 0.413 e. The second-order valence-electron chi connectivity index (χ2n) is 3.93. The molecule has 0 aliphatic carbocycles. The number of carbonyl (C=O) groups is 2. The highest BCUT2D eigenvalue weighted by Gasteiger charge is 2.15. The lowest BCUT2D eigenvalue weighted by molar-refractivity contribution is -0.119. The van der Waals surface area contributed by atoms with Crippen LogP contribution in [0.15, 0.2) is 12.1 Å². The van der Waals surface area contributed by atoms with Gasteiger partial charge in [0.05, 0.1) is 18.7 Å². The predicted octanol–water partition coefficient (Wildman–Crippen LogP) is 2.67. The summed E-state index contributed by atoms with van der Waals surface area (Å²) in [5, 5.41) is 4.99. The van der Waals surface area contributed by atoms with E-state index in [0.717, 1.165) is 7.11 Å². The molecule has 1 aromatic rings. The molecule has 0 aliphatic rings. The Bertz CT molecular complexity index is 526. The van der Waals surface area contributed by atoms with E-state index in [1.165, 1.54) is 12.1 Å². The third-order valence-corrected chi connectivity index (χ3v) is 3.12. The van der Waals surface area contributed by atoms with Gasteiger partial charge in [0.15, 0.2) is 0 Å². The molecular formula is C12H13Cl2FN2O3. The maximum atomic E-state index is 13.4. The molecule has 1 rings (SSSR count). The van der Waals surface area contributed by atoms with Gasteiger partial charge < -0.3 is 10.1 Å². The van der Waals surface area contributed by atoms with E-state index in [1.807, 2.05) is 5.32 Å². The van der Waals surface area contributed by atoms with Crippen molar-refractivity contribution in [1.29, 1.82) is 0 Å². The summed E-state index contributed by atoms with van der Waals surface area (Å²) in [6.07, 6.45) is -0.847. The molecule has 1 aromatic carbocycles. The maximum Gasteiger partial charge on any atom is 0.413 e. The van der Waals surface area contributed by atoms with Gasteiger partial charge in [-0.1, -0.05) is 23.2 Å². The Morgan fingerprint density at radius 1 is 1.35 bits per heavy atom. The van der Waals surface area contributed by atoms with Crippen molar-refractivity contribution < 1.29 is 18.7 Å². The molecule has 20 heavy (non-hydrogen) atoms. The number of ether oxygens (including phenoxy) is 1. The average molecular weight is 323 g/mol. The lowest BCUT2D eigenvalue weighted by atomic mass is 10.1. The van der Waals surface area contributed by atoms with Gasteiger partial charge in [0.25, 0.3) is 0 Å². The summed E-state index contributed by atoms with van der Waals surface area (Å²) in [5.41, 5.74) is 0.458. The van der Waals surface area contributed by atoms with Crippen molar-refractivity contribution in [3.05, 3.63) is 33.6 Å². The van der Waals surface area contributed by atoms with Crippen LogP contribution in [-0.4, -0.2) is 25.7 Å². The van der Waals surface area contributed by atoms with Gasteiger partial charge in [-0.25, -0.2) is 9.18 Å². The molecule has 0 unspecified atom stereocenters. The molecule has 110 valence electrons. The summed E-state index contributed by atoms with van der Waals surface area (Å²) >= 11 is 11.5. The van der Waals surface area contributed by atoms with Crippen molar-refractivity contribution in [3.8, 4) is 0 Å². The molecule has 0 fully saturated rings. The number of amides is 2. The van der Waals surface area contributed by atoms with E-state index in [2.05, 4.69) is 10.1 Å². The number of halogens is 3. The Kier molecular flexibility index (Phi) is 6.19. The Morgan fingerprint density at radius 2 is 2.00 bits per heavy atom. The van der Waals surface area contributed by atoms with E-state index >= 15 is 0 Å². The van der Waals surface area contributed by atoms with Crippen molar-refractivity contribution in [2.24, 2.45) is 0 Å². The molecule has 0 spiro atoms. The fraction of sp³-hybridized carbons (Fsp3) is 0.333. The summed E-state index contributed by atoms with van der Waals surface area (Å²) in [7, 11) is 1.15. The zero-order chi connectivity index (χ0) is 15.3. The SMILES string of the molecule is COC(=O)NC(=O)CN[C@@H](C)c1cc(F)c(Cl)cc1Cl. The van der Waals surface area contributed by atoms with Crippen molar-refractivity contribution >= 4 is 35.2 Å². The number of methoxy groups -OCH3 is 1. The van der Waals surface area contributed by atoms with Crippen molar-refractivity contribution in [1.82, 2.24) is 10.6 Å². The van der Waals surface area contributed by atoms with Gasteiger partial charge in [-0.3, -0.25) is 10.1 Å². The normalized spacial score (nSPS) is 11.8. The molecule has 0 saturated heterocycles. The number of hydrogen-bond acceptors (Lipinski definition) is 4. The lowest BCUT2D eigenvalue weighted by Gasteiger charge is -2.15. The topological polar surface area (TPSA) is 67.4 Å². The van der Waals surface area contributed by atoms with E-state index in [-0.39, 0.29) is 16.6 Å². The highest BCUT2D eigenvalue weighted by atomic mass is 35.5. The van der Waals surface area contributed by atoms with Crippen molar-refractivity contribution in [2.75, 3.05) is 13.7 Å².